The van der Waals surface area contributed by atoms with E-state index in [1.165, 1.54) is 18.9 Å². The Kier molecular flexibility index (Phi) is 6.35. The van der Waals surface area contributed by atoms with Crippen LogP contribution >= 0.6 is 11.6 Å². The first-order valence-corrected chi connectivity index (χ1v) is 11.6. The Bertz CT molecular complexity index is 972. The van der Waals surface area contributed by atoms with E-state index < -0.39 is 15.8 Å². The van der Waals surface area contributed by atoms with E-state index >= 15 is 0 Å². The van der Waals surface area contributed by atoms with Crippen molar-refractivity contribution < 1.29 is 13.2 Å². The lowest BCUT2D eigenvalue weighted by Crippen LogP contribution is -2.24. The number of carbonyl (C=O) groups is 1. The highest BCUT2D eigenvalue weighted by molar-refractivity contribution is 7.90. The van der Waals surface area contributed by atoms with Gasteiger partial charge in [0.15, 0.2) is 9.84 Å². The quantitative estimate of drug-likeness (QED) is 0.756. The third-order valence-electron chi connectivity index (χ3n) is 5.15. The van der Waals surface area contributed by atoms with E-state index in [2.05, 4.69) is 15.3 Å². The molecule has 0 radical (unpaired) electrons. The molecule has 28 heavy (non-hydrogen) atoms. The van der Waals surface area contributed by atoms with Crippen molar-refractivity contribution >= 4 is 33.2 Å². The normalized spacial score (nSPS) is 16.1. The Morgan fingerprint density at radius 2 is 2.00 bits per heavy atom. The molecule has 1 aliphatic carbocycles. The van der Waals surface area contributed by atoms with Crippen LogP contribution in [0.25, 0.3) is 0 Å². The van der Waals surface area contributed by atoms with E-state index in [1.807, 2.05) is 0 Å². The van der Waals surface area contributed by atoms with Crippen molar-refractivity contribution in [1.29, 1.82) is 0 Å². The van der Waals surface area contributed by atoms with Gasteiger partial charge < -0.3 is 5.32 Å². The Morgan fingerprint density at radius 3 is 2.61 bits per heavy atom. The molecule has 150 valence electrons. The number of halogens is 1. The minimum atomic E-state index is -3.42. The summed E-state index contributed by atoms with van der Waals surface area (Å²) in [6.07, 6.45) is 7.98. The summed E-state index contributed by atoms with van der Waals surface area (Å²) in [5.74, 6) is 0.896. The summed E-state index contributed by atoms with van der Waals surface area (Å²) in [6.45, 7) is 1.76. The smallest absolute Gasteiger partial charge is 0.233 e. The number of sulfone groups is 1. The summed E-state index contributed by atoms with van der Waals surface area (Å²) < 4.78 is 23.7. The highest BCUT2D eigenvalue weighted by Gasteiger charge is 2.28. The fourth-order valence-corrected chi connectivity index (χ4v) is 5.09. The molecule has 1 amide bonds. The molecule has 2 aromatic rings. The number of carbonyl (C=O) groups excluding carboxylic acids is 1. The maximum atomic E-state index is 13.1. The molecule has 1 fully saturated rings. The van der Waals surface area contributed by atoms with Crippen molar-refractivity contribution in [3.63, 3.8) is 0 Å². The number of hydrogen-bond acceptors (Lipinski definition) is 5. The van der Waals surface area contributed by atoms with Gasteiger partial charge in [0.2, 0.25) is 5.91 Å². The molecule has 0 spiro atoms. The molecule has 1 N–H and O–H groups in total. The van der Waals surface area contributed by atoms with Crippen molar-refractivity contribution in [2.75, 3.05) is 11.6 Å². The number of benzene rings is 1. The van der Waals surface area contributed by atoms with Crippen LogP contribution in [0.4, 0.5) is 5.82 Å². The summed E-state index contributed by atoms with van der Waals surface area (Å²) in [7, 11) is -3.42. The topological polar surface area (TPSA) is 89.0 Å². The van der Waals surface area contributed by atoms with E-state index in [0.717, 1.165) is 19.1 Å². The third-order valence-corrected chi connectivity index (χ3v) is 6.73. The number of amides is 1. The largest absolute Gasteiger partial charge is 0.310 e. The van der Waals surface area contributed by atoms with Gasteiger partial charge in [0.05, 0.1) is 15.8 Å². The maximum Gasteiger partial charge on any atom is 0.233 e. The van der Waals surface area contributed by atoms with Crippen LogP contribution in [0.1, 0.15) is 49.4 Å². The van der Waals surface area contributed by atoms with Gasteiger partial charge in [-0.05, 0) is 43.0 Å². The fraction of sp³-hybridized carbons (Fsp3) is 0.450. The van der Waals surface area contributed by atoms with Gasteiger partial charge in [-0.3, -0.25) is 4.79 Å². The molecule has 1 heterocycles. The average Bonchev–Trinajstić information content (AvgIpc) is 3.11. The van der Waals surface area contributed by atoms with Gasteiger partial charge in [0.1, 0.15) is 11.6 Å². The Morgan fingerprint density at radius 1 is 1.29 bits per heavy atom. The van der Waals surface area contributed by atoms with Crippen molar-refractivity contribution in [1.82, 2.24) is 9.97 Å². The van der Waals surface area contributed by atoms with Crippen LogP contribution in [0.15, 0.2) is 35.4 Å². The molecule has 1 atom stereocenters. The second-order valence-electron chi connectivity index (χ2n) is 7.38. The molecular formula is C20H24ClN3O3S. The molecule has 0 aliphatic heterocycles. The zero-order chi connectivity index (χ0) is 20.3. The third kappa shape index (κ3) is 5.08. The van der Waals surface area contributed by atoms with Gasteiger partial charge in [0.25, 0.3) is 0 Å². The first kappa shape index (κ1) is 20.7. The van der Waals surface area contributed by atoms with Gasteiger partial charge in [-0.1, -0.05) is 43.4 Å². The molecular weight excluding hydrogens is 398 g/mol. The van der Waals surface area contributed by atoms with Gasteiger partial charge in [0, 0.05) is 12.5 Å². The summed E-state index contributed by atoms with van der Waals surface area (Å²) in [5, 5.41) is 3.01. The van der Waals surface area contributed by atoms with Gasteiger partial charge in [-0.25, -0.2) is 18.4 Å². The van der Waals surface area contributed by atoms with E-state index in [1.54, 1.807) is 31.3 Å². The lowest BCUT2D eigenvalue weighted by Gasteiger charge is -2.21. The lowest BCUT2D eigenvalue weighted by molar-refractivity contribution is -0.118. The predicted molar refractivity (Wildman–Crippen MR) is 109 cm³/mol. The number of aromatic nitrogens is 2. The summed E-state index contributed by atoms with van der Waals surface area (Å²) in [6, 6.07) is 6.42. The second-order valence-corrected chi connectivity index (χ2v) is 9.77. The summed E-state index contributed by atoms with van der Waals surface area (Å²) in [4.78, 5) is 21.4. The van der Waals surface area contributed by atoms with Gasteiger partial charge in [-0.2, -0.15) is 0 Å². The van der Waals surface area contributed by atoms with Crippen molar-refractivity contribution in [2.24, 2.45) is 5.92 Å². The molecule has 0 bridgehead atoms. The Balaban J connectivity index is 1.90. The SMILES string of the molecule is Cc1nccc(NC(=O)[C@H](CC2CCCC2)c2ccc(S(C)(=O)=O)c(Cl)c2)n1. The number of rotatable bonds is 6. The number of hydrogen-bond donors (Lipinski definition) is 1. The molecule has 8 heteroatoms. The van der Waals surface area contributed by atoms with Crippen molar-refractivity contribution in [2.45, 2.75) is 49.8 Å². The molecule has 1 saturated carbocycles. The first-order valence-electron chi connectivity index (χ1n) is 9.34. The molecule has 1 aliphatic rings. The number of nitrogens with zero attached hydrogens (tertiary/aromatic N) is 2. The van der Waals surface area contributed by atoms with Gasteiger partial charge in [-0.15, -0.1) is 0 Å². The standard InChI is InChI=1S/C20H24ClN3O3S/c1-13-22-10-9-19(23-13)24-20(25)16(11-14-5-3-4-6-14)15-7-8-18(17(21)12-15)28(2,26)27/h7-10,12,14,16H,3-6,11H2,1-2H3,(H,22,23,24,25)/t16-/m1/s1. The highest BCUT2D eigenvalue weighted by atomic mass is 35.5. The molecule has 6 nitrogen and oxygen atoms in total. The number of anilines is 1. The number of aryl methyl sites for hydroxylation is 1. The monoisotopic (exact) mass is 421 g/mol. The van der Waals surface area contributed by atoms with E-state index in [4.69, 9.17) is 11.6 Å². The fourth-order valence-electron chi connectivity index (χ4n) is 3.75. The molecule has 0 unspecified atom stereocenters. The predicted octanol–water partition coefficient (Wildman–Crippen LogP) is 4.14. The second kappa shape index (κ2) is 8.57. The summed E-state index contributed by atoms with van der Waals surface area (Å²) in [5.41, 5.74) is 0.715. The van der Waals surface area contributed by atoms with Crippen LogP contribution in [0.5, 0.6) is 0 Å². The van der Waals surface area contributed by atoms with Crippen LogP contribution in [-0.2, 0) is 14.6 Å². The van der Waals surface area contributed by atoms with Crippen LogP contribution in [-0.4, -0.2) is 30.5 Å². The minimum absolute atomic E-state index is 0.0735. The molecule has 3 rings (SSSR count). The molecule has 1 aromatic heterocycles. The van der Waals surface area contributed by atoms with Gasteiger partial charge >= 0.3 is 0 Å². The summed E-state index contributed by atoms with van der Waals surface area (Å²) >= 11 is 6.23. The molecule has 0 saturated heterocycles. The zero-order valence-electron chi connectivity index (χ0n) is 16.0. The Hall–Kier alpha value is -1.99. The first-order chi connectivity index (χ1) is 13.2. The van der Waals surface area contributed by atoms with Crippen molar-refractivity contribution in [3.05, 3.63) is 46.9 Å². The average molecular weight is 422 g/mol. The molecule has 1 aromatic carbocycles. The Labute approximate surface area is 170 Å². The van der Waals surface area contributed by atoms with Crippen molar-refractivity contribution in [3.8, 4) is 0 Å². The lowest BCUT2D eigenvalue weighted by atomic mass is 9.87. The maximum absolute atomic E-state index is 13.1. The van der Waals surface area contributed by atoms with E-state index in [0.29, 0.717) is 29.5 Å². The minimum Gasteiger partial charge on any atom is -0.310 e. The van der Waals surface area contributed by atoms with Crippen LogP contribution in [0.3, 0.4) is 0 Å². The van der Waals surface area contributed by atoms with E-state index in [9.17, 15) is 13.2 Å². The zero-order valence-corrected chi connectivity index (χ0v) is 17.6. The highest BCUT2D eigenvalue weighted by Crippen LogP contribution is 2.36. The number of nitrogens with one attached hydrogen (secondary N) is 1. The van der Waals surface area contributed by atoms with E-state index in [-0.39, 0.29) is 15.8 Å². The van der Waals surface area contributed by atoms with Crippen LogP contribution < -0.4 is 5.32 Å². The van der Waals surface area contributed by atoms with Crippen LogP contribution in [0.2, 0.25) is 5.02 Å². The van der Waals surface area contributed by atoms with Crippen LogP contribution in [0, 0.1) is 12.8 Å².